The van der Waals surface area contributed by atoms with Gasteiger partial charge in [-0.2, -0.15) is 0 Å². The van der Waals surface area contributed by atoms with Crippen molar-refractivity contribution < 1.29 is 4.79 Å². The maximum Gasteiger partial charge on any atom is 0.243 e. The van der Waals surface area contributed by atoms with Gasteiger partial charge in [0, 0.05) is 12.7 Å². The minimum atomic E-state index is -0.0154. The second kappa shape index (κ2) is 6.71. The molecule has 1 aliphatic rings. The van der Waals surface area contributed by atoms with E-state index in [-0.39, 0.29) is 11.9 Å². The Bertz CT molecular complexity index is 405. The average Bonchev–Trinajstić information content (AvgIpc) is 2.75. The molecule has 3 nitrogen and oxygen atoms in total. The molecule has 0 saturated carbocycles. The van der Waals surface area contributed by atoms with E-state index >= 15 is 0 Å². The Morgan fingerprint density at radius 1 is 1.26 bits per heavy atom. The summed E-state index contributed by atoms with van der Waals surface area (Å²) < 4.78 is 0. The zero-order valence-electron chi connectivity index (χ0n) is 12.0. The predicted octanol–water partition coefficient (Wildman–Crippen LogP) is 2.74. The summed E-state index contributed by atoms with van der Waals surface area (Å²) in [5, 5.41) is 3.36. The number of nitrogens with one attached hydrogen (secondary N) is 1. The van der Waals surface area contributed by atoms with Crippen LogP contribution in [0.2, 0.25) is 0 Å². The van der Waals surface area contributed by atoms with Gasteiger partial charge in [0.1, 0.15) is 0 Å². The number of rotatable bonds is 3. The molecule has 1 fully saturated rings. The molecule has 0 aromatic heterocycles. The number of nitrogens with zero attached hydrogens (tertiary/aromatic N) is 1. The molecule has 0 radical (unpaired) electrons. The molecule has 1 aromatic rings. The zero-order chi connectivity index (χ0) is 13.7. The topological polar surface area (TPSA) is 32.3 Å². The Hall–Kier alpha value is -1.35. The minimum Gasteiger partial charge on any atom is -0.314 e. The number of amides is 1. The molecule has 0 aliphatic carbocycles. The molecule has 1 atom stereocenters. The molecular weight excluding hydrogens is 236 g/mol. The SMILES string of the molecule is CCc1ccc(N(C)C(=O)C2CCCCCN2)cc1. The van der Waals surface area contributed by atoms with Gasteiger partial charge in [0.25, 0.3) is 0 Å². The molecule has 2 rings (SSSR count). The Labute approximate surface area is 116 Å². The van der Waals surface area contributed by atoms with Gasteiger partial charge in [0.05, 0.1) is 6.04 Å². The van der Waals surface area contributed by atoms with Crippen LogP contribution in [0.3, 0.4) is 0 Å². The van der Waals surface area contributed by atoms with E-state index in [1.54, 1.807) is 4.90 Å². The van der Waals surface area contributed by atoms with Crippen LogP contribution in [0, 0.1) is 0 Å². The fraction of sp³-hybridized carbons (Fsp3) is 0.562. The summed E-state index contributed by atoms with van der Waals surface area (Å²) in [6.45, 7) is 3.10. The molecule has 104 valence electrons. The first-order chi connectivity index (χ1) is 9.22. The number of hydrogen-bond acceptors (Lipinski definition) is 2. The lowest BCUT2D eigenvalue weighted by Crippen LogP contribution is -2.44. The van der Waals surface area contributed by atoms with Crippen LogP contribution in [0.5, 0.6) is 0 Å². The molecule has 3 heteroatoms. The molecule has 1 aromatic carbocycles. The fourth-order valence-corrected chi connectivity index (χ4v) is 2.56. The van der Waals surface area contributed by atoms with Crippen molar-refractivity contribution in [3.63, 3.8) is 0 Å². The number of carbonyl (C=O) groups is 1. The maximum atomic E-state index is 12.5. The molecule has 1 unspecified atom stereocenters. The third-order valence-electron chi connectivity index (χ3n) is 3.92. The normalized spacial score (nSPS) is 19.8. The highest BCUT2D eigenvalue weighted by Gasteiger charge is 2.23. The molecular formula is C16H24N2O. The molecule has 19 heavy (non-hydrogen) atoms. The van der Waals surface area contributed by atoms with Crippen LogP contribution >= 0.6 is 0 Å². The molecule has 0 spiro atoms. The van der Waals surface area contributed by atoms with Gasteiger partial charge in [0.15, 0.2) is 0 Å². The predicted molar refractivity (Wildman–Crippen MR) is 79.5 cm³/mol. The number of hydrogen-bond donors (Lipinski definition) is 1. The molecule has 1 amide bonds. The van der Waals surface area contributed by atoms with Crippen LogP contribution in [-0.4, -0.2) is 25.5 Å². The van der Waals surface area contributed by atoms with Crippen LogP contribution in [-0.2, 0) is 11.2 Å². The quantitative estimate of drug-likeness (QED) is 0.906. The molecule has 1 saturated heterocycles. The Morgan fingerprint density at radius 2 is 2.00 bits per heavy atom. The van der Waals surface area contributed by atoms with Crippen LogP contribution in [0.15, 0.2) is 24.3 Å². The van der Waals surface area contributed by atoms with Crippen molar-refractivity contribution in [1.82, 2.24) is 5.32 Å². The number of likely N-dealkylation sites (N-methyl/N-ethyl adjacent to an activating group) is 1. The number of carbonyl (C=O) groups excluding carboxylic acids is 1. The van der Waals surface area contributed by atoms with Gasteiger partial charge in [-0.05, 0) is 43.5 Å². The van der Waals surface area contributed by atoms with Crippen LogP contribution in [0.25, 0.3) is 0 Å². The highest BCUT2D eigenvalue weighted by atomic mass is 16.2. The van der Waals surface area contributed by atoms with Gasteiger partial charge in [-0.1, -0.05) is 31.9 Å². The first-order valence-corrected chi connectivity index (χ1v) is 7.32. The van der Waals surface area contributed by atoms with Gasteiger partial charge in [-0.3, -0.25) is 4.79 Å². The lowest BCUT2D eigenvalue weighted by atomic mass is 10.1. The molecule has 1 N–H and O–H groups in total. The van der Waals surface area contributed by atoms with Crippen LogP contribution < -0.4 is 10.2 Å². The minimum absolute atomic E-state index is 0.0154. The van der Waals surface area contributed by atoms with Gasteiger partial charge < -0.3 is 10.2 Å². The van der Waals surface area contributed by atoms with Gasteiger partial charge >= 0.3 is 0 Å². The van der Waals surface area contributed by atoms with Crippen LogP contribution in [0.1, 0.15) is 38.2 Å². The van der Waals surface area contributed by atoms with Crippen LogP contribution in [0.4, 0.5) is 5.69 Å². The average molecular weight is 260 g/mol. The van der Waals surface area contributed by atoms with Crippen molar-refractivity contribution in [1.29, 1.82) is 0 Å². The largest absolute Gasteiger partial charge is 0.314 e. The van der Waals surface area contributed by atoms with Gasteiger partial charge in [-0.15, -0.1) is 0 Å². The third kappa shape index (κ3) is 3.57. The molecule has 1 aliphatic heterocycles. The summed E-state index contributed by atoms with van der Waals surface area (Å²) >= 11 is 0. The lowest BCUT2D eigenvalue weighted by Gasteiger charge is -2.23. The van der Waals surface area contributed by atoms with E-state index in [2.05, 4.69) is 24.4 Å². The fourth-order valence-electron chi connectivity index (χ4n) is 2.56. The van der Waals surface area contributed by atoms with E-state index < -0.39 is 0 Å². The van der Waals surface area contributed by atoms with Crippen molar-refractivity contribution in [3.8, 4) is 0 Å². The summed E-state index contributed by atoms with van der Waals surface area (Å²) in [6, 6.07) is 8.25. The second-order valence-electron chi connectivity index (χ2n) is 5.27. The smallest absolute Gasteiger partial charge is 0.243 e. The third-order valence-corrected chi connectivity index (χ3v) is 3.92. The first-order valence-electron chi connectivity index (χ1n) is 7.32. The van der Waals surface area contributed by atoms with Crippen molar-refractivity contribution >= 4 is 11.6 Å². The Morgan fingerprint density at radius 3 is 2.68 bits per heavy atom. The first kappa shape index (κ1) is 14.1. The zero-order valence-corrected chi connectivity index (χ0v) is 12.0. The number of anilines is 1. The maximum absolute atomic E-state index is 12.5. The van der Waals surface area contributed by atoms with Crippen molar-refractivity contribution in [2.75, 3.05) is 18.5 Å². The van der Waals surface area contributed by atoms with Gasteiger partial charge in [-0.25, -0.2) is 0 Å². The van der Waals surface area contributed by atoms with E-state index in [0.717, 1.165) is 31.5 Å². The van der Waals surface area contributed by atoms with Gasteiger partial charge in [0.2, 0.25) is 5.91 Å². The van der Waals surface area contributed by atoms with Crippen molar-refractivity contribution in [2.45, 2.75) is 45.1 Å². The highest BCUT2D eigenvalue weighted by molar-refractivity contribution is 5.96. The monoisotopic (exact) mass is 260 g/mol. The van der Waals surface area contributed by atoms with E-state index in [0.29, 0.717) is 0 Å². The molecule has 0 bridgehead atoms. The van der Waals surface area contributed by atoms with E-state index in [1.807, 2.05) is 19.2 Å². The van der Waals surface area contributed by atoms with E-state index in [1.165, 1.54) is 18.4 Å². The number of aryl methyl sites for hydroxylation is 1. The second-order valence-corrected chi connectivity index (χ2v) is 5.27. The van der Waals surface area contributed by atoms with Crippen molar-refractivity contribution in [2.24, 2.45) is 0 Å². The summed E-state index contributed by atoms with van der Waals surface area (Å²) in [6.07, 6.45) is 5.54. The summed E-state index contributed by atoms with van der Waals surface area (Å²) in [5.74, 6) is 0.186. The van der Waals surface area contributed by atoms with Crippen molar-refractivity contribution in [3.05, 3.63) is 29.8 Å². The highest BCUT2D eigenvalue weighted by Crippen LogP contribution is 2.17. The Kier molecular flexibility index (Phi) is 4.97. The van der Waals surface area contributed by atoms with E-state index in [9.17, 15) is 4.79 Å². The summed E-state index contributed by atoms with van der Waals surface area (Å²) in [5.41, 5.74) is 2.28. The van der Waals surface area contributed by atoms with E-state index in [4.69, 9.17) is 0 Å². The summed E-state index contributed by atoms with van der Waals surface area (Å²) in [4.78, 5) is 14.2. The number of benzene rings is 1. The Balaban J connectivity index is 2.04. The summed E-state index contributed by atoms with van der Waals surface area (Å²) in [7, 11) is 1.87. The molecule has 1 heterocycles. The lowest BCUT2D eigenvalue weighted by molar-refractivity contribution is -0.120. The standard InChI is InChI=1S/C16H24N2O/c1-3-13-8-10-14(11-9-13)18(2)16(19)15-7-5-4-6-12-17-15/h8-11,15,17H,3-7,12H2,1-2H3.